The summed E-state index contributed by atoms with van der Waals surface area (Å²) in [7, 11) is 0. The van der Waals surface area contributed by atoms with E-state index in [2.05, 4.69) is 0 Å². The van der Waals surface area contributed by atoms with Crippen molar-refractivity contribution in [2.45, 2.75) is 24.4 Å². The van der Waals surface area contributed by atoms with Crippen LogP contribution in [-0.4, -0.2) is 51.6 Å². The van der Waals surface area contributed by atoms with Crippen LogP contribution in [-0.2, 0) is 4.74 Å². The lowest BCUT2D eigenvalue weighted by Gasteiger charge is -2.18. The molecule has 1 fully saturated rings. The van der Waals surface area contributed by atoms with Crippen molar-refractivity contribution in [1.29, 1.82) is 0 Å². The molecule has 0 aromatic rings. The number of aliphatic hydroxyl groups is 4. The maximum atomic E-state index is 9.23. The molecule has 0 radical (unpaired) electrons. The third kappa shape index (κ3) is 1.69. The molecule has 1 aliphatic heterocycles. The molecular weight excluding hydrogens is 152 g/mol. The minimum Gasteiger partial charge on any atom is -0.394 e. The van der Waals surface area contributed by atoms with Gasteiger partial charge in [-0.25, -0.2) is 0 Å². The molecule has 0 aromatic carbocycles. The van der Waals surface area contributed by atoms with Gasteiger partial charge in [-0.2, -0.15) is 0 Å². The highest BCUT2D eigenvalue weighted by atomic mass is 16.7. The van der Waals surface area contributed by atoms with E-state index in [0.29, 0.717) is 0 Å². The number of hydrogen-bond acceptors (Lipinski definition) is 5. The molecule has 0 aromatic heterocycles. The van der Waals surface area contributed by atoms with Gasteiger partial charge in [0.1, 0.15) is 6.10 Å². The highest BCUT2D eigenvalue weighted by Gasteiger charge is 2.43. The summed E-state index contributed by atoms with van der Waals surface area (Å²) in [5.74, 6) is -1.67. The van der Waals surface area contributed by atoms with Crippen molar-refractivity contribution < 1.29 is 25.2 Å². The molecule has 1 aliphatic rings. The molecule has 5 nitrogen and oxygen atoms in total. The molecule has 0 unspecified atom stereocenters. The topological polar surface area (TPSA) is 90.2 Å². The molecule has 4 N–H and O–H groups in total. The second-order valence-electron chi connectivity index (χ2n) is 2.71. The molecular formula is C6H12O5. The lowest BCUT2D eigenvalue weighted by Crippen LogP contribution is -2.33. The Balaban J connectivity index is 2.55. The largest absolute Gasteiger partial charge is 0.394 e. The SMILES string of the molecule is OC[C@H]1O[C@](O)(CO)C[C@@H]1O. The summed E-state index contributed by atoms with van der Waals surface area (Å²) < 4.78 is 4.77. The zero-order valence-corrected chi connectivity index (χ0v) is 5.97. The van der Waals surface area contributed by atoms with E-state index in [9.17, 15) is 5.11 Å². The molecule has 11 heavy (non-hydrogen) atoms. The van der Waals surface area contributed by atoms with Crippen LogP contribution >= 0.6 is 0 Å². The fraction of sp³-hybridized carbons (Fsp3) is 1.00. The molecule has 3 atom stereocenters. The predicted molar refractivity (Wildman–Crippen MR) is 34.6 cm³/mol. The molecule has 1 saturated heterocycles. The Morgan fingerprint density at radius 3 is 2.36 bits per heavy atom. The van der Waals surface area contributed by atoms with Crippen LogP contribution in [0.1, 0.15) is 6.42 Å². The normalized spacial score (nSPS) is 44.7. The van der Waals surface area contributed by atoms with Gasteiger partial charge in [-0.1, -0.05) is 0 Å². The summed E-state index contributed by atoms with van der Waals surface area (Å²) in [4.78, 5) is 0. The van der Waals surface area contributed by atoms with Crippen molar-refractivity contribution in [2.75, 3.05) is 13.2 Å². The Hall–Kier alpha value is -0.200. The third-order valence-electron chi connectivity index (χ3n) is 1.76. The molecule has 1 heterocycles. The maximum absolute atomic E-state index is 9.23. The second-order valence-corrected chi connectivity index (χ2v) is 2.71. The van der Waals surface area contributed by atoms with Gasteiger partial charge >= 0.3 is 0 Å². The van der Waals surface area contributed by atoms with Crippen molar-refractivity contribution >= 4 is 0 Å². The lowest BCUT2D eigenvalue weighted by molar-refractivity contribution is -0.217. The van der Waals surface area contributed by atoms with Crippen LogP contribution in [0.3, 0.4) is 0 Å². The number of aliphatic hydroxyl groups excluding tert-OH is 3. The Morgan fingerprint density at radius 2 is 2.09 bits per heavy atom. The summed E-state index contributed by atoms with van der Waals surface area (Å²) >= 11 is 0. The zero-order valence-electron chi connectivity index (χ0n) is 5.97. The van der Waals surface area contributed by atoms with E-state index in [-0.39, 0.29) is 13.0 Å². The van der Waals surface area contributed by atoms with E-state index < -0.39 is 24.6 Å². The van der Waals surface area contributed by atoms with Crippen molar-refractivity contribution in [2.24, 2.45) is 0 Å². The quantitative estimate of drug-likeness (QED) is 0.372. The molecule has 0 amide bonds. The van der Waals surface area contributed by atoms with Crippen LogP contribution in [0.5, 0.6) is 0 Å². The van der Waals surface area contributed by atoms with Gasteiger partial charge in [-0.05, 0) is 0 Å². The van der Waals surface area contributed by atoms with Crippen LogP contribution in [0.2, 0.25) is 0 Å². The molecule has 0 spiro atoms. The zero-order chi connectivity index (χ0) is 8.48. The average molecular weight is 164 g/mol. The van der Waals surface area contributed by atoms with Crippen molar-refractivity contribution in [3.05, 3.63) is 0 Å². The van der Waals surface area contributed by atoms with Crippen LogP contribution in [0, 0.1) is 0 Å². The predicted octanol–water partition coefficient (Wildman–Crippen LogP) is -2.19. The van der Waals surface area contributed by atoms with Crippen LogP contribution in [0.15, 0.2) is 0 Å². The van der Waals surface area contributed by atoms with E-state index in [0.717, 1.165) is 0 Å². The Kier molecular flexibility index (Phi) is 2.46. The Morgan fingerprint density at radius 1 is 1.45 bits per heavy atom. The summed E-state index contributed by atoms with van der Waals surface area (Å²) in [6, 6.07) is 0. The summed E-state index contributed by atoms with van der Waals surface area (Å²) in [5.41, 5.74) is 0. The molecule has 0 bridgehead atoms. The van der Waals surface area contributed by atoms with Crippen LogP contribution < -0.4 is 0 Å². The van der Waals surface area contributed by atoms with E-state index in [1.54, 1.807) is 0 Å². The molecule has 5 heteroatoms. The van der Waals surface area contributed by atoms with E-state index >= 15 is 0 Å². The van der Waals surface area contributed by atoms with E-state index in [1.165, 1.54) is 0 Å². The standard InChI is InChI=1S/C6H12O5/c7-2-5-4(9)1-6(10,3-8)11-5/h4-5,7-10H,1-3H2/t4-,5+,6-/m0/s1. The van der Waals surface area contributed by atoms with Gasteiger partial charge < -0.3 is 25.2 Å². The minimum absolute atomic E-state index is 0.0608. The first kappa shape index (κ1) is 8.89. The van der Waals surface area contributed by atoms with Crippen molar-refractivity contribution in [3.8, 4) is 0 Å². The smallest absolute Gasteiger partial charge is 0.192 e. The minimum atomic E-state index is -1.67. The van der Waals surface area contributed by atoms with Gasteiger partial charge in [-0.3, -0.25) is 0 Å². The summed E-state index contributed by atoms with van der Waals surface area (Å²) in [6.45, 7) is -0.927. The summed E-state index contributed by atoms with van der Waals surface area (Å²) in [5, 5.41) is 35.5. The monoisotopic (exact) mass is 164 g/mol. The number of rotatable bonds is 2. The Bertz CT molecular complexity index is 139. The third-order valence-corrected chi connectivity index (χ3v) is 1.76. The van der Waals surface area contributed by atoms with Gasteiger partial charge in [0.25, 0.3) is 0 Å². The first-order valence-corrected chi connectivity index (χ1v) is 3.41. The highest BCUT2D eigenvalue weighted by Crippen LogP contribution is 2.27. The van der Waals surface area contributed by atoms with Gasteiger partial charge in [0.15, 0.2) is 5.79 Å². The lowest BCUT2D eigenvalue weighted by atomic mass is 10.1. The van der Waals surface area contributed by atoms with Crippen LogP contribution in [0.4, 0.5) is 0 Å². The number of hydrogen-bond donors (Lipinski definition) is 4. The van der Waals surface area contributed by atoms with Gasteiger partial charge in [0, 0.05) is 6.42 Å². The van der Waals surface area contributed by atoms with Gasteiger partial charge in [-0.15, -0.1) is 0 Å². The van der Waals surface area contributed by atoms with Gasteiger partial charge in [0.05, 0.1) is 19.3 Å². The maximum Gasteiger partial charge on any atom is 0.192 e. The summed E-state index contributed by atoms with van der Waals surface area (Å²) in [6.07, 6.45) is -1.75. The molecule has 66 valence electrons. The van der Waals surface area contributed by atoms with E-state index in [1.807, 2.05) is 0 Å². The fourth-order valence-corrected chi connectivity index (χ4v) is 1.13. The first-order valence-electron chi connectivity index (χ1n) is 3.41. The Labute approximate surface area is 63.8 Å². The van der Waals surface area contributed by atoms with Gasteiger partial charge in [0.2, 0.25) is 0 Å². The van der Waals surface area contributed by atoms with Crippen molar-refractivity contribution in [3.63, 3.8) is 0 Å². The van der Waals surface area contributed by atoms with Crippen LogP contribution in [0.25, 0.3) is 0 Å². The van der Waals surface area contributed by atoms with E-state index in [4.69, 9.17) is 20.1 Å². The second kappa shape index (κ2) is 3.04. The molecule has 1 rings (SSSR count). The fourth-order valence-electron chi connectivity index (χ4n) is 1.13. The molecule has 0 aliphatic carbocycles. The number of ether oxygens (including phenoxy) is 1. The van der Waals surface area contributed by atoms with Crippen molar-refractivity contribution in [1.82, 2.24) is 0 Å². The first-order chi connectivity index (χ1) is 5.11. The average Bonchev–Trinajstić information content (AvgIpc) is 2.27. The highest BCUT2D eigenvalue weighted by molar-refractivity contribution is 4.85. The molecule has 0 saturated carbocycles.